The van der Waals surface area contributed by atoms with Gasteiger partial charge in [-0.05, 0) is 13.8 Å². The maximum absolute atomic E-state index is 12.6. The van der Waals surface area contributed by atoms with Crippen LogP contribution >= 0.6 is 23.5 Å². The number of ether oxygens (including phenoxy) is 1. The minimum atomic E-state index is -5.84. The fraction of sp³-hybridized carbons (Fsp3) is 0.615. The molecule has 0 aliphatic carbocycles. The van der Waals surface area contributed by atoms with Crippen molar-refractivity contribution in [1.29, 1.82) is 0 Å². The molecule has 1 aromatic heterocycles. The number of nitrogens with zero attached hydrogens (tertiary/aromatic N) is 2. The second kappa shape index (κ2) is 10.4. The molecule has 18 nitrogen and oxygen atoms in total. The van der Waals surface area contributed by atoms with E-state index in [-0.39, 0.29) is 10.2 Å². The van der Waals surface area contributed by atoms with Gasteiger partial charge in [-0.1, -0.05) is 0 Å². The first-order chi connectivity index (χ1) is 16.5. The van der Waals surface area contributed by atoms with Crippen LogP contribution in [-0.2, 0) is 36.4 Å². The summed E-state index contributed by atoms with van der Waals surface area (Å²) < 4.78 is 88.9. The first-order valence-electron chi connectivity index (χ1n) is 9.33. The average molecular weight is 607 g/mol. The fourth-order valence-corrected chi connectivity index (χ4v) is 5.97. The van der Waals surface area contributed by atoms with E-state index in [9.17, 15) is 51.2 Å². The third kappa shape index (κ3) is 8.13. The maximum Gasteiger partial charge on any atom is 0.490 e. The molecule has 0 aromatic carbocycles. The molecular weight excluding hydrogens is 588 g/mol. The molecule has 0 spiro atoms. The lowest BCUT2D eigenvalue weighted by Crippen LogP contribution is -2.50. The summed E-state index contributed by atoms with van der Waals surface area (Å²) in [4.78, 5) is 71.7. The Hall–Kier alpha value is -1.73. The molecule has 1 aliphatic heterocycles. The Bertz CT molecular complexity index is 1320. The first kappa shape index (κ1) is 31.5. The van der Waals surface area contributed by atoms with E-state index in [2.05, 4.69) is 13.1 Å². The third-order valence-corrected chi connectivity index (χ3v) is 8.31. The Kier molecular flexibility index (Phi) is 8.89. The number of aliphatic hydroxyl groups excluding tert-OH is 1. The van der Waals surface area contributed by atoms with E-state index in [1.807, 2.05) is 0 Å². The van der Waals surface area contributed by atoms with Crippen LogP contribution < -0.4 is 16.7 Å². The van der Waals surface area contributed by atoms with Crippen molar-refractivity contribution in [3.63, 3.8) is 0 Å². The summed E-state index contributed by atoms with van der Waals surface area (Å²) in [6.07, 6.45) is -8.34. The molecule has 1 aliphatic rings. The van der Waals surface area contributed by atoms with Gasteiger partial charge in [0.2, 0.25) is 0 Å². The van der Waals surface area contributed by atoms with Crippen molar-refractivity contribution in [3.05, 3.63) is 32.6 Å². The molecule has 6 N–H and O–H groups in total. The predicted molar refractivity (Wildman–Crippen MR) is 109 cm³/mol. The van der Waals surface area contributed by atoms with E-state index < -0.39 is 77.8 Å². The summed E-state index contributed by atoms with van der Waals surface area (Å²) in [5.41, 5.74) is -4.10. The summed E-state index contributed by atoms with van der Waals surface area (Å²) >= 11 is 0. The zero-order valence-electron chi connectivity index (χ0n) is 18.3. The standard InChI is InChI=1S/C13H19F3N3O15P3/c1-6-4-18(11(23)19(9(6)21)17-10(22)13(14,15)16)8-3-7(20)12(2,32-8)5-31-36(27,28)34-37(29,30)33-35(24,25)26/h4,7-8,20H,3,5H2,1-2H3,(H,17,22)(H,27,28)(H,29,30)(H2,24,25,26)/t7?,8-,12-/m1/s1. The minimum Gasteiger partial charge on any atom is -0.390 e. The van der Waals surface area contributed by atoms with E-state index in [1.165, 1.54) is 0 Å². The average Bonchev–Trinajstić information content (AvgIpc) is 2.97. The maximum atomic E-state index is 12.6. The van der Waals surface area contributed by atoms with Gasteiger partial charge in [0, 0.05) is 18.2 Å². The quantitative estimate of drug-likeness (QED) is 0.190. The Balaban J connectivity index is 2.26. The number of halogens is 3. The van der Waals surface area contributed by atoms with E-state index in [0.29, 0.717) is 4.57 Å². The lowest BCUT2D eigenvalue weighted by atomic mass is 10.0. The Morgan fingerprint density at radius 1 is 1.19 bits per heavy atom. The van der Waals surface area contributed by atoms with Crippen LogP contribution in [0.2, 0.25) is 0 Å². The van der Waals surface area contributed by atoms with Crippen molar-refractivity contribution in [2.24, 2.45) is 0 Å². The second-order valence-corrected chi connectivity index (χ2v) is 12.0. The highest BCUT2D eigenvalue weighted by Gasteiger charge is 2.49. The van der Waals surface area contributed by atoms with Crippen LogP contribution in [0.15, 0.2) is 15.8 Å². The highest BCUT2D eigenvalue weighted by atomic mass is 31.3. The summed E-state index contributed by atoms with van der Waals surface area (Å²) in [6.45, 7) is 0.989. The first-order valence-corrected chi connectivity index (χ1v) is 13.9. The topological polar surface area (TPSA) is 262 Å². The van der Waals surface area contributed by atoms with Crippen LogP contribution in [0.1, 0.15) is 25.1 Å². The summed E-state index contributed by atoms with van der Waals surface area (Å²) in [5, 5.41) is 10.3. The van der Waals surface area contributed by atoms with Gasteiger partial charge in [0.1, 0.15) is 11.8 Å². The molecule has 3 unspecified atom stereocenters. The van der Waals surface area contributed by atoms with Gasteiger partial charge < -0.3 is 29.4 Å². The molecule has 2 heterocycles. The van der Waals surface area contributed by atoms with Crippen molar-refractivity contribution in [3.8, 4) is 0 Å². The normalized spacial score (nSPS) is 25.9. The molecule has 2 rings (SSSR count). The van der Waals surface area contributed by atoms with Crippen molar-refractivity contribution in [2.75, 3.05) is 12.0 Å². The van der Waals surface area contributed by atoms with Crippen molar-refractivity contribution in [2.45, 2.75) is 44.4 Å². The van der Waals surface area contributed by atoms with Gasteiger partial charge in [0.25, 0.3) is 5.56 Å². The van der Waals surface area contributed by atoms with Crippen LogP contribution in [0.5, 0.6) is 0 Å². The zero-order chi connectivity index (χ0) is 28.8. The van der Waals surface area contributed by atoms with Gasteiger partial charge in [0.05, 0.1) is 12.7 Å². The number of aryl methyl sites for hydroxylation is 1. The molecule has 1 saturated heterocycles. The number of hydrogen-bond acceptors (Lipinski definition) is 11. The third-order valence-electron chi connectivity index (χ3n) is 4.53. The van der Waals surface area contributed by atoms with Gasteiger partial charge in [-0.15, -0.1) is 0 Å². The molecule has 1 amide bonds. The van der Waals surface area contributed by atoms with Crippen LogP contribution in [0.25, 0.3) is 0 Å². The SMILES string of the molecule is Cc1cn([C@H]2CC(O)[C@@](C)(COP(=O)(O)OP(=O)(O)OP(=O)(O)O)O2)c(=O)n(NC(=O)C(F)(F)F)c1=O. The number of aliphatic hydroxyl groups is 1. The van der Waals surface area contributed by atoms with Crippen molar-refractivity contribution < 1.29 is 74.2 Å². The zero-order valence-corrected chi connectivity index (χ0v) is 21.0. The van der Waals surface area contributed by atoms with Crippen molar-refractivity contribution >= 4 is 29.4 Å². The Morgan fingerprint density at radius 2 is 1.76 bits per heavy atom. The molecule has 0 radical (unpaired) electrons. The number of rotatable bonds is 9. The van der Waals surface area contributed by atoms with Gasteiger partial charge >= 0.3 is 41.2 Å². The fourth-order valence-electron chi connectivity index (χ4n) is 2.86. The van der Waals surface area contributed by atoms with E-state index >= 15 is 0 Å². The van der Waals surface area contributed by atoms with Gasteiger partial charge in [0.15, 0.2) is 0 Å². The van der Waals surface area contributed by atoms with Crippen LogP contribution in [-0.4, -0.2) is 64.3 Å². The number of carbonyl (C=O) groups is 1. The molecule has 24 heteroatoms. The number of hydrogen-bond donors (Lipinski definition) is 6. The highest BCUT2D eigenvalue weighted by molar-refractivity contribution is 7.66. The lowest BCUT2D eigenvalue weighted by molar-refractivity contribution is -0.168. The lowest BCUT2D eigenvalue weighted by Gasteiger charge is -2.28. The van der Waals surface area contributed by atoms with Crippen molar-refractivity contribution in [1.82, 2.24) is 9.24 Å². The van der Waals surface area contributed by atoms with Gasteiger partial charge in [-0.25, -0.2) is 23.9 Å². The van der Waals surface area contributed by atoms with E-state index in [1.54, 1.807) is 0 Å². The Morgan fingerprint density at radius 3 is 2.27 bits per heavy atom. The van der Waals surface area contributed by atoms with E-state index in [4.69, 9.17) is 19.4 Å². The van der Waals surface area contributed by atoms with Crippen LogP contribution in [0.3, 0.4) is 0 Å². The minimum absolute atomic E-state index is 0.247. The largest absolute Gasteiger partial charge is 0.490 e. The second-order valence-electron chi connectivity index (χ2n) is 7.58. The molecule has 0 saturated carbocycles. The van der Waals surface area contributed by atoms with Crippen LogP contribution in [0.4, 0.5) is 13.2 Å². The Labute approximate surface area is 202 Å². The summed E-state index contributed by atoms with van der Waals surface area (Å²) in [5.74, 6) is -2.64. The number of phosphoric acid groups is 3. The summed E-state index contributed by atoms with van der Waals surface area (Å²) in [7, 11) is -17.1. The molecule has 1 aromatic rings. The number of nitrogens with one attached hydrogen (secondary N) is 1. The molecule has 37 heavy (non-hydrogen) atoms. The molecule has 1 fully saturated rings. The number of carbonyl (C=O) groups excluding carboxylic acids is 1. The number of aromatic nitrogens is 2. The number of amides is 1. The molecular formula is C13H19F3N3O15P3. The van der Waals surface area contributed by atoms with Crippen LogP contribution in [0, 0.1) is 6.92 Å². The molecule has 212 valence electrons. The van der Waals surface area contributed by atoms with E-state index in [0.717, 1.165) is 25.5 Å². The molecule has 0 bridgehead atoms. The number of phosphoric ester groups is 1. The number of alkyl halides is 3. The van der Waals surface area contributed by atoms with Gasteiger partial charge in [-0.2, -0.15) is 26.5 Å². The predicted octanol–water partition coefficient (Wildman–Crippen LogP) is -0.667. The summed E-state index contributed by atoms with van der Waals surface area (Å²) in [6, 6.07) is 0. The van der Waals surface area contributed by atoms with Gasteiger partial charge in [-0.3, -0.25) is 18.7 Å². The monoisotopic (exact) mass is 607 g/mol. The smallest absolute Gasteiger partial charge is 0.390 e. The molecule has 5 atom stereocenters. The highest BCUT2D eigenvalue weighted by Crippen LogP contribution is 2.66.